The van der Waals surface area contributed by atoms with Gasteiger partial charge in [-0.25, -0.2) is 4.98 Å². The lowest BCUT2D eigenvalue weighted by molar-refractivity contribution is 0.418. The minimum Gasteiger partial charge on any atom is -0.298 e. The molecule has 0 saturated heterocycles. The van der Waals surface area contributed by atoms with Crippen LogP contribution in [-0.4, -0.2) is 9.55 Å². The van der Waals surface area contributed by atoms with Crippen molar-refractivity contribution in [2.75, 3.05) is 0 Å². The van der Waals surface area contributed by atoms with Gasteiger partial charge >= 0.3 is 0 Å². The normalized spacial score (nSPS) is 10.8. The van der Waals surface area contributed by atoms with Crippen LogP contribution in [0.25, 0.3) is 16.7 Å². The molecule has 0 radical (unpaired) electrons. The predicted molar refractivity (Wildman–Crippen MR) is 79.8 cm³/mol. The van der Waals surface area contributed by atoms with E-state index >= 15 is 0 Å². The number of aromatic nitrogens is 2. The average Bonchev–Trinajstić information content (AvgIpc) is 2.79. The Balaban J connectivity index is 2.29. The molecular formula is C17H14F2N2. The highest BCUT2D eigenvalue weighted by Gasteiger charge is 2.15. The fourth-order valence-corrected chi connectivity index (χ4v) is 2.62. The Morgan fingerprint density at radius 2 is 1.90 bits per heavy atom. The number of halogens is 2. The van der Waals surface area contributed by atoms with Gasteiger partial charge in [-0.15, -0.1) is 0 Å². The highest BCUT2D eigenvalue weighted by atomic mass is 19.3. The molecule has 0 unspecified atom stereocenters. The molecule has 0 fully saturated rings. The molecule has 0 atom stereocenters. The predicted octanol–water partition coefficient (Wildman–Crippen LogP) is 4.66. The molecule has 0 spiro atoms. The molecule has 0 saturated carbocycles. The van der Waals surface area contributed by atoms with E-state index in [2.05, 4.69) is 4.98 Å². The van der Waals surface area contributed by atoms with E-state index in [1.165, 1.54) is 0 Å². The van der Waals surface area contributed by atoms with Gasteiger partial charge in [-0.1, -0.05) is 24.3 Å². The topological polar surface area (TPSA) is 17.8 Å². The molecular weight excluding hydrogens is 270 g/mol. The van der Waals surface area contributed by atoms with Gasteiger partial charge in [0.25, 0.3) is 6.08 Å². The Bertz CT molecular complexity index is 800. The maximum Gasteiger partial charge on any atom is 0.266 e. The molecule has 3 rings (SSSR count). The summed E-state index contributed by atoms with van der Waals surface area (Å²) in [7, 11) is 0. The second kappa shape index (κ2) is 5.48. The molecule has 106 valence electrons. The van der Waals surface area contributed by atoms with Gasteiger partial charge in [0.2, 0.25) is 0 Å². The number of aryl methyl sites for hydroxylation is 1. The number of fused-ring (bicyclic) bond motifs is 1. The van der Waals surface area contributed by atoms with Crippen molar-refractivity contribution in [2.24, 2.45) is 0 Å². The summed E-state index contributed by atoms with van der Waals surface area (Å²) in [6.07, 6.45) is 1.17. The summed E-state index contributed by atoms with van der Waals surface area (Å²) in [5.41, 5.74) is 2.83. The van der Waals surface area contributed by atoms with Gasteiger partial charge in [0.1, 0.15) is 5.82 Å². The van der Waals surface area contributed by atoms with Crippen molar-refractivity contribution >= 4 is 10.9 Å². The number of rotatable bonds is 3. The molecule has 0 aliphatic rings. The molecule has 2 aromatic heterocycles. The van der Waals surface area contributed by atoms with Crippen LogP contribution in [0.15, 0.2) is 60.8 Å². The first-order chi connectivity index (χ1) is 10.2. The number of nitrogens with zero attached hydrogens (tertiary/aromatic N) is 2. The maximum atomic E-state index is 12.5. The van der Waals surface area contributed by atoms with Crippen molar-refractivity contribution in [1.29, 1.82) is 0 Å². The molecule has 21 heavy (non-hydrogen) atoms. The lowest BCUT2D eigenvalue weighted by Crippen LogP contribution is -2.02. The minimum absolute atomic E-state index is 0.180. The van der Waals surface area contributed by atoms with Crippen molar-refractivity contribution in [2.45, 2.75) is 13.3 Å². The third-order valence-corrected chi connectivity index (χ3v) is 3.58. The van der Waals surface area contributed by atoms with E-state index in [1.54, 1.807) is 6.20 Å². The summed E-state index contributed by atoms with van der Waals surface area (Å²) in [5, 5.41) is 1.06. The van der Waals surface area contributed by atoms with Crippen molar-refractivity contribution in [1.82, 2.24) is 9.55 Å². The standard InChI is InChI=1S/C17H14F2N2/c1-12-13-6-2-3-7-15(13)21(14(12)9-10-16(18)19)17-8-4-5-11-20-17/h2-8,10-11H,9H2,1H3. The molecule has 2 heterocycles. The van der Waals surface area contributed by atoms with Crippen LogP contribution in [0.4, 0.5) is 8.78 Å². The second-order valence-corrected chi connectivity index (χ2v) is 4.81. The van der Waals surface area contributed by atoms with E-state index in [1.807, 2.05) is 54.0 Å². The largest absolute Gasteiger partial charge is 0.298 e. The van der Waals surface area contributed by atoms with Crippen molar-refractivity contribution in [3.05, 3.63) is 72.1 Å². The Morgan fingerprint density at radius 3 is 2.62 bits per heavy atom. The monoisotopic (exact) mass is 284 g/mol. The molecule has 0 bridgehead atoms. The minimum atomic E-state index is -1.66. The Hall–Kier alpha value is -2.49. The zero-order valence-electron chi connectivity index (χ0n) is 11.6. The smallest absolute Gasteiger partial charge is 0.266 e. The van der Waals surface area contributed by atoms with Crippen LogP contribution in [0.1, 0.15) is 11.3 Å². The Labute approximate surface area is 121 Å². The van der Waals surface area contributed by atoms with Crippen LogP contribution in [0.3, 0.4) is 0 Å². The first-order valence-electron chi connectivity index (χ1n) is 6.70. The summed E-state index contributed by atoms with van der Waals surface area (Å²) in [6.45, 7) is 1.96. The van der Waals surface area contributed by atoms with E-state index in [0.717, 1.165) is 34.1 Å². The summed E-state index contributed by atoms with van der Waals surface area (Å²) >= 11 is 0. The van der Waals surface area contributed by atoms with Gasteiger partial charge in [0, 0.05) is 23.7 Å². The Morgan fingerprint density at radius 1 is 1.14 bits per heavy atom. The number of hydrogen-bond acceptors (Lipinski definition) is 1. The van der Waals surface area contributed by atoms with Crippen LogP contribution in [-0.2, 0) is 6.42 Å². The fraction of sp³-hybridized carbons (Fsp3) is 0.118. The lowest BCUT2D eigenvalue weighted by Gasteiger charge is -2.09. The summed E-state index contributed by atoms with van der Waals surface area (Å²) in [5.74, 6) is 0.740. The van der Waals surface area contributed by atoms with Gasteiger partial charge in [0.05, 0.1) is 5.52 Å². The Kier molecular flexibility index (Phi) is 3.52. The SMILES string of the molecule is Cc1c(CC=C(F)F)n(-c2ccccn2)c2ccccc12. The third kappa shape index (κ3) is 2.44. The van der Waals surface area contributed by atoms with Crippen LogP contribution in [0, 0.1) is 6.92 Å². The first-order valence-corrected chi connectivity index (χ1v) is 6.70. The maximum absolute atomic E-state index is 12.5. The van der Waals surface area contributed by atoms with Crippen LogP contribution < -0.4 is 0 Å². The molecule has 1 aromatic carbocycles. The van der Waals surface area contributed by atoms with Crippen LogP contribution in [0.5, 0.6) is 0 Å². The van der Waals surface area contributed by atoms with Crippen LogP contribution >= 0.6 is 0 Å². The van der Waals surface area contributed by atoms with Gasteiger partial charge in [-0.3, -0.25) is 4.57 Å². The fourth-order valence-electron chi connectivity index (χ4n) is 2.62. The average molecular weight is 284 g/mol. The number of allylic oxidation sites excluding steroid dienone is 1. The highest BCUT2D eigenvalue weighted by molar-refractivity contribution is 5.86. The zero-order chi connectivity index (χ0) is 14.8. The lowest BCUT2D eigenvalue weighted by atomic mass is 10.1. The van der Waals surface area contributed by atoms with E-state index in [4.69, 9.17) is 0 Å². The molecule has 4 heteroatoms. The third-order valence-electron chi connectivity index (χ3n) is 3.58. The molecule has 0 amide bonds. The molecule has 0 aliphatic heterocycles. The molecule has 2 nitrogen and oxygen atoms in total. The van der Waals surface area contributed by atoms with Crippen molar-refractivity contribution < 1.29 is 8.78 Å². The van der Waals surface area contributed by atoms with E-state index in [9.17, 15) is 8.78 Å². The van der Waals surface area contributed by atoms with E-state index < -0.39 is 6.08 Å². The van der Waals surface area contributed by atoms with E-state index in [-0.39, 0.29) is 6.42 Å². The highest BCUT2D eigenvalue weighted by Crippen LogP contribution is 2.29. The molecule has 0 aliphatic carbocycles. The van der Waals surface area contributed by atoms with Crippen molar-refractivity contribution in [3.8, 4) is 5.82 Å². The van der Waals surface area contributed by atoms with Crippen LogP contribution in [0.2, 0.25) is 0 Å². The van der Waals surface area contributed by atoms with Crippen molar-refractivity contribution in [3.63, 3.8) is 0 Å². The number of hydrogen-bond donors (Lipinski definition) is 0. The summed E-state index contributed by atoms with van der Waals surface area (Å²) in [6, 6.07) is 13.5. The summed E-state index contributed by atoms with van der Waals surface area (Å²) < 4.78 is 26.9. The summed E-state index contributed by atoms with van der Waals surface area (Å²) in [4.78, 5) is 4.35. The van der Waals surface area contributed by atoms with E-state index in [0.29, 0.717) is 0 Å². The van der Waals surface area contributed by atoms with Gasteiger partial charge in [-0.05, 0) is 36.8 Å². The first kappa shape index (κ1) is 13.5. The van der Waals surface area contributed by atoms with Gasteiger partial charge in [-0.2, -0.15) is 8.78 Å². The molecule has 3 aromatic rings. The van der Waals surface area contributed by atoms with Gasteiger partial charge < -0.3 is 0 Å². The number of pyridine rings is 1. The molecule has 0 N–H and O–H groups in total. The number of para-hydroxylation sites is 1. The second-order valence-electron chi connectivity index (χ2n) is 4.81. The quantitative estimate of drug-likeness (QED) is 0.684. The van der Waals surface area contributed by atoms with Gasteiger partial charge in [0.15, 0.2) is 0 Å². The number of benzene rings is 1. The zero-order valence-corrected chi connectivity index (χ0v) is 11.6.